The summed E-state index contributed by atoms with van der Waals surface area (Å²) in [6, 6.07) is 11.1. The van der Waals surface area contributed by atoms with Gasteiger partial charge in [-0.3, -0.25) is 0 Å². The van der Waals surface area contributed by atoms with Gasteiger partial charge in [0.15, 0.2) is 0 Å². The molecule has 0 heterocycles. The molecule has 1 aromatic carbocycles. The number of hydrogen-bond acceptors (Lipinski definition) is 2. The first-order valence-corrected chi connectivity index (χ1v) is 9.05. The molecule has 2 nitrogen and oxygen atoms in total. The van der Waals surface area contributed by atoms with Crippen molar-refractivity contribution >= 4 is 17.2 Å². The summed E-state index contributed by atoms with van der Waals surface area (Å²) < 4.78 is 6.43. The van der Waals surface area contributed by atoms with E-state index in [-0.39, 0.29) is 5.41 Å². The first-order chi connectivity index (χ1) is 10.6. The molecule has 4 bridgehead atoms. The van der Waals surface area contributed by atoms with Gasteiger partial charge in [0.2, 0.25) is 0 Å². The third-order valence-electron chi connectivity index (χ3n) is 6.87. The number of hydrogen-bond donors (Lipinski definition) is 1. The summed E-state index contributed by atoms with van der Waals surface area (Å²) >= 11 is 5.56. The molecule has 0 amide bonds. The highest BCUT2D eigenvalue weighted by atomic mass is 32.1. The number of nitrogens with two attached hydrogens (primary N) is 1. The zero-order valence-corrected chi connectivity index (χ0v) is 13.6. The Kier molecular flexibility index (Phi) is 2.66. The van der Waals surface area contributed by atoms with E-state index in [4.69, 9.17) is 22.7 Å². The van der Waals surface area contributed by atoms with Crippen molar-refractivity contribution in [2.75, 3.05) is 0 Å². The van der Waals surface area contributed by atoms with Crippen LogP contribution >= 0.6 is 12.2 Å². The maximum Gasteiger partial charge on any atom is 0.0794 e. The summed E-state index contributed by atoms with van der Waals surface area (Å²) in [5.41, 5.74) is 8.13. The van der Waals surface area contributed by atoms with Crippen LogP contribution in [0.5, 0.6) is 0 Å². The Balaban J connectivity index is 1.55. The lowest BCUT2D eigenvalue weighted by atomic mass is 9.63. The Bertz CT molecular complexity index is 628. The Morgan fingerprint density at radius 2 is 1.91 bits per heavy atom. The quantitative estimate of drug-likeness (QED) is 0.863. The van der Waals surface area contributed by atoms with Crippen LogP contribution in [0, 0.1) is 17.3 Å². The van der Waals surface area contributed by atoms with Crippen molar-refractivity contribution in [1.29, 1.82) is 0 Å². The second-order valence-electron chi connectivity index (χ2n) is 8.12. The molecule has 6 rings (SSSR count). The van der Waals surface area contributed by atoms with Crippen molar-refractivity contribution in [2.24, 2.45) is 23.0 Å². The van der Waals surface area contributed by atoms with Crippen molar-refractivity contribution < 1.29 is 4.74 Å². The summed E-state index contributed by atoms with van der Waals surface area (Å²) in [6.45, 7) is 0. The molecule has 1 aromatic rings. The third-order valence-corrected chi connectivity index (χ3v) is 7.27. The van der Waals surface area contributed by atoms with Crippen LogP contribution in [-0.2, 0) is 10.2 Å². The molecule has 5 saturated carbocycles. The average molecular weight is 313 g/mol. The molecule has 22 heavy (non-hydrogen) atoms. The normalized spacial score (nSPS) is 45.4. The first kappa shape index (κ1) is 13.5. The molecule has 5 unspecified atom stereocenters. The van der Waals surface area contributed by atoms with Gasteiger partial charge in [-0.2, -0.15) is 0 Å². The molecule has 5 atom stereocenters. The summed E-state index contributed by atoms with van der Waals surface area (Å²) in [4.78, 5) is 0.752. The van der Waals surface area contributed by atoms with E-state index in [2.05, 4.69) is 30.3 Å². The topological polar surface area (TPSA) is 35.2 Å². The predicted octanol–water partition coefficient (Wildman–Crippen LogP) is 3.58. The van der Waals surface area contributed by atoms with Crippen LogP contribution in [0.3, 0.4) is 0 Å². The van der Waals surface area contributed by atoms with Crippen LogP contribution in [-0.4, -0.2) is 17.2 Å². The largest absolute Gasteiger partial charge is 0.393 e. The minimum atomic E-state index is 0.0631. The highest BCUT2D eigenvalue weighted by Crippen LogP contribution is 2.71. The number of ether oxygens (including phenoxy) is 1. The molecule has 0 aliphatic heterocycles. The van der Waals surface area contributed by atoms with E-state index in [0.29, 0.717) is 29.5 Å². The molecule has 116 valence electrons. The molecule has 0 radical (unpaired) electrons. The van der Waals surface area contributed by atoms with Crippen LogP contribution in [0.1, 0.15) is 44.1 Å². The maximum atomic E-state index is 6.43. The maximum absolute atomic E-state index is 6.43. The molecular weight excluding hydrogens is 290 g/mol. The number of thiocarbonyl (C=S) groups is 1. The monoisotopic (exact) mass is 313 g/mol. The first-order valence-electron chi connectivity index (χ1n) is 8.64. The van der Waals surface area contributed by atoms with E-state index in [9.17, 15) is 0 Å². The van der Waals surface area contributed by atoms with Crippen molar-refractivity contribution in [1.82, 2.24) is 0 Å². The van der Waals surface area contributed by atoms with Crippen LogP contribution in [0.25, 0.3) is 0 Å². The zero-order valence-electron chi connectivity index (χ0n) is 12.8. The van der Waals surface area contributed by atoms with Gasteiger partial charge in [-0.1, -0.05) is 42.5 Å². The molecule has 5 aliphatic carbocycles. The van der Waals surface area contributed by atoms with Crippen LogP contribution in [0.15, 0.2) is 30.3 Å². The molecular formula is C19H23NOS. The highest BCUT2D eigenvalue weighted by molar-refractivity contribution is 7.80. The second-order valence-corrected chi connectivity index (χ2v) is 8.56. The van der Waals surface area contributed by atoms with E-state index < -0.39 is 0 Å². The van der Waals surface area contributed by atoms with Crippen molar-refractivity contribution in [2.45, 2.75) is 56.1 Å². The second kappa shape index (κ2) is 4.33. The number of rotatable bonds is 4. The van der Waals surface area contributed by atoms with Gasteiger partial charge in [0.25, 0.3) is 0 Å². The van der Waals surface area contributed by atoms with Crippen LogP contribution < -0.4 is 5.73 Å². The standard InChI is InChI=1S/C19H23NOS/c20-17(22)19-9-12-8-18(11-19,13-4-2-1-3-5-13)10-15(19)16(12)21-14-6-7-14/h1-5,12,14-16H,6-11H2,(H2,20,22). The lowest BCUT2D eigenvalue weighted by Gasteiger charge is -2.43. The fourth-order valence-electron chi connectivity index (χ4n) is 5.97. The Labute approximate surface area is 137 Å². The van der Waals surface area contributed by atoms with Gasteiger partial charge >= 0.3 is 0 Å². The summed E-state index contributed by atoms with van der Waals surface area (Å²) in [5, 5.41) is 0. The minimum absolute atomic E-state index is 0.0631. The molecule has 0 aromatic heterocycles. The predicted molar refractivity (Wildman–Crippen MR) is 90.7 cm³/mol. The van der Waals surface area contributed by atoms with Gasteiger partial charge in [-0.25, -0.2) is 0 Å². The Morgan fingerprint density at radius 1 is 1.14 bits per heavy atom. The smallest absolute Gasteiger partial charge is 0.0794 e. The fraction of sp³-hybridized carbons (Fsp3) is 0.632. The molecule has 0 spiro atoms. The molecule has 0 saturated heterocycles. The minimum Gasteiger partial charge on any atom is -0.393 e. The van der Waals surface area contributed by atoms with Gasteiger partial charge in [0, 0.05) is 5.41 Å². The molecule has 5 aliphatic rings. The van der Waals surface area contributed by atoms with Gasteiger partial charge in [-0.05, 0) is 61.3 Å². The number of benzene rings is 1. The molecule has 2 N–H and O–H groups in total. The lowest BCUT2D eigenvalue weighted by Crippen LogP contribution is -2.40. The van der Waals surface area contributed by atoms with Crippen molar-refractivity contribution in [3.8, 4) is 0 Å². The SMILES string of the molecule is NC(=S)C12CC3CC(c4ccccc4)(CC1C3OC1CC1)C2. The zero-order chi connectivity index (χ0) is 14.9. The van der Waals surface area contributed by atoms with E-state index in [1.54, 1.807) is 0 Å². The van der Waals surface area contributed by atoms with Crippen LogP contribution in [0.4, 0.5) is 0 Å². The summed E-state index contributed by atoms with van der Waals surface area (Å²) in [6.07, 6.45) is 8.22. The molecule has 5 fully saturated rings. The Morgan fingerprint density at radius 3 is 2.59 bits per heavy atom. The van der Waals surface area contributed by atoms with Gasteiger partial charge < -0.3 is 10.5 Å². The van der Waals surface area contributed by atoms with Gasteiger partial charge in [0.1, 0.15) is 0 Å². The van der Waals surface area contributed by atoms with Gasteiger partial charge in [0.05, 0.1) is 17.2 Å². The molecule has 3 heteroatoms. The fourth-order valence-corrected chi connectivity index (χ4v) is 6.27. The Hall–Kier alpha value is -0.930. The lowest BCUT2D eigenvalue weighted by molar-refractivity contribution is -0.0381. The third kappa shape index (κ3) is 1.67. The average Bonchev–Trinajstić information content (AvgIpc) is 3.27. The van der Waals surface area contributed by atoms with E-state index in [0.717, 1.165) is 11.4 Å². The van der Waals surface area contributed by atoms with Crippen molar-refractivity contribution in [3.05, 3.63) is 35.9 Å². The van der Waals surface area contributed by atoms with E-state index in [1.165, 1.54) is 37.7 Å². The van der Waals surface area contributed by atoms with E-state index >= 15 is 0 Å². The van der Waals surface area contributed by atoms with Crippen LogP contribution in [0.2, 0.25) is 0 Å². The van der Waals surface area contributed by atoms with Gasteiger partial charge in [-0.15, -0.1) is 0 Å². The van der Waals surface area contributed by atoms with Crippen molar-refractivity contribution in [3.63, 3.8) is 0 Å². The summed E-state index contributed by atoms with van der Waals surface area (Å²) in [7, 11) is 0. The van der Waals surface area contributed by atoms with E-state index in [1.807, 2.05) is 0 Å². The summed E-state index contributed by atoms with van der Waals surface area (Å²) in [5.74, 6) is 1.19. The highest BCUT2D eigenvalue weighted by Gasteiger charge is 2.70.